The van der Waals surface area contributed by atoms with Crippen LogP contribution in [0.15, 0.2) is 0 Å². The molecule has 4 atom stereocenters. The third-order valence-electron chi connectivity index (χ3n) is 14.0. The van der Waals surface area contributed by atoms with Gasteiger partial charge in [-0.25, -0.2) is 0 Å². The first-order valence-electron chi connectivity index (χ1n) is 30.2. The van der Waals surface area contributed by atoms with Gasteiger partial charge in [-0.1, -0.05) is 247 Å². The van der Waals surface area contributed by atoms with Crippen LogP contribution in [0.25, 0.3) is 0 Å². The van der Waals surface area contributed by atoms with Crippen molar-refractivity contribution in [1.29, 1.82) is 0 Å². The Labute approximate surface area is 458 Å². The van der Waals surface area contributed by atoms with Crippen LogP contribution < -0.4 is 0 Å². The number of hydrogen-bond donors (Lipinski definition) is 2. The van der Waals surface area contributed by atoms with E-state index in [0.717, 1.165) is 38.5 Å². The van der Waals surface area contributed by atoms with E-state index in [0.29, 0.717) is 44.3 Å². The second kappa shape index (κ2) is 52.0. The summed E-state index contributed by atoms with van der Waals surface area (Å²) in [5.74, 6) is -0.969. The number of rotatable bonds is 45. The predicted molar refractivity (Wildman–Crippen MR) is 310 cm³/mol. The molecule has 0 bridgehead atoms. The number of carbonyl (C=O) groups excluding carboxylic acids is 4. The van der Waals surface area contributed by atoms with Crippen LogP contribution in [0.2, 0.25) is 0 Å². The Kier molecular flexibility index (Phi) is 52.3. The highest BCUT2D eigenvalue weighted by Crippen LogP contribution is 2.29. The summed E-state index contributed by atoms with van der Waals surface area (Å²) in [5.41, 5.74) is -1.72. The molecule has 0 aromatic heterocycles. The Morgan fingerprint density at radius 3 is 1.05 bits per heavy atom. The Morgan fingerprint density at radius 2 is 0.770 bits per heavy atom. The van der Waals surface area contributed by atoms with Gasteiger partial charge in [0, 0.05) is 69.3 Å². The fourth-order valence-corrected chi connectivity index (χ4v) is 9.60. The highest BCUT2D eigenvalue weighted by atomic mass is 31.0. The van der Waals surface area contributed by atoms with Gasteiger partial charge in [-0.2, -0.15) is 0 Å². The van der Waals surface area contributed by atoms with Gasteiger partial charge in [0.25, 0.3) is 0 Å². The molecule has 4 unspecified atom stereocenters. The van der Waals surface area contributed by atoms with Crippen LogP contribution in [-0.2, 0) is 47.2 Å². The molecule has 2 heterocycles. The largest absolute Gasteiger partial charge is 0.481 e. The van der Waals surface area contributed by atoms with E-state index in [9.17, 15) is 24.0 Å². The van der Waals surface area contributed by atoms with E-state index >= 15 is 0 Å². The zero-order chi connectivity index (χ0) is 55.4. The second-order valence-corrected chi connectivity index (χ2v) is 23.1. The molecule has 2 fully saturated rings. The van der Waals surface area contributed by atoms with Crippen molar-refractivity contribution in [3.05, 3.63) is 0 Å². The number of Topliss-reactive ketones (excluding diaryl/α,β-unsaturated/α-hetero) is 1. The number of aliphatic hydroxyl groups is 1. The third-order valence-corrected chi connectivity index (χ3v) is 14.4. The highest BCUT2D eigenvalue weighted by molar-refractivity contribution is 7.10. The number of aliphatic hydroxyl groups excluding tert-OH is 1. The van der Waals surface area contributed by atoms with E-state index in [-0.39, 0.29) is 49.8 Å². The standard InChI is InChI=1S/C20H37O5P.C20H40O.C14H28O2.C6H11O4P/c1-2-3-4-5-6-7-8-9-10-11-12-13-18(21)23-16-20(17-24-26)15-14-19(22)25-20;1-5-6-7-8-9-10-11-12-13-14-15-16-17-18-19(21)20(2,3)4;1-2-3-4-5-6-7-8-9-10-11-12-13-14(15)16;7-3-6(4-9-11)2-1-5(8)10-6/h2-17,26H2,1H3;5-18H2,1-4H3;2-13H2,1H3,(H,15,16);7H,1-4,11H2. The summed E-state index contributed by atoms with van der Waals surface area (Å²) in [4.78, 5) is 55.9. The predicted octanol–water partition coefficient (Wildman–Crippen LogP) is 16.8. The number of esters is 3. The average Bonchev–Trinajstić information content (AvgIpc) is 3.94. The lowest BCUT2D eigenvalue weighted by atomic mass is 9.88. The normalized spacial score (nSPS) is 17.0. The SMILES string of the molecule is CCCCCCCCCCCCCC(=O)O.CCCCCCCCCCCCCC(=O)OCC1(COP)CCC(=O)O1.CCCCCCCCCCCCCCCC(=O)C(C)(C)C.O=C1CCC(CO)(COP)O1. The molecular weight excluding hydrogens is 975 g/mol. The minimum atomic E-state index is -0.800. The Balaban J connectivity index is 0. The molecule has 2 saturated heterocycles. The molecule has 12 nitrogen and oxygen atoms in total. The first kappa shape index (κ1) is 74.4. The smallest absolute Gasteiger partial charge is 0.306 e. The van der Waals surface area contributed by atoms with Gasteiger partial charge < -0.3 is 33.5 Å². The van der Waals surface area contributed by atoms with Crippen LogP contribution in [-0.4, -0.2) is 77.5 Å². The average molecular weight is 1090 g/mol. The molecule has 0 saturated carbocycles. The topological polar surface area (TPSA) is 172 Å². The monoisotopic (exact) mass is 1090 g/mol. The maximum absolute atomic E-state index is 11.9. The van der Waals surface area contributed by atoms with Crippen LogP contribution in [0, 0.1) is 5.41 Å². The molecule has 2 N–H and O–H groups in total. The van der Waals surface area contributed by atoms with Crippen molar-refractivity contribution in [3.63, 3.8) is 0 Å². The van der Waals surface area contributed by atoms with Crippen molar-refractivity contribution < 1.29 is 57.4 Å². The zero-order valence-electron chi connectivity index (χ0n) is 48.7. The number of ketones is 1. The Bertz CT molecular complexity index is 1340. The number of carboxylic acid groups (broad SMARTS) is 1. The number of hydrogen-bond acceptors (Lipinski definition) is 11. The quantitative estimate of drug-likeness (QED) is 0.0256. The number of carboxylic acids is 1. The summed E-state index contributed by atoms with van der Waals surface area (Å²) in [6, 6.07) is 0. The van der Waals surface area contributed by atoms with Gasteiger partial charge in [0.05, 0.1) is 19.8 Å². The molecule has 0 radical (unpaired) electrons. The van der Waals surface area contributed by atoms with Crippen molar-refractivity contribution >= 4 is 48.6 Å². The van der Waals surface area contributed by atoms with E-state index < -0.39 is 17.2 Å². The van der Waals surface area contributed by atoms with Crippen molar-refractivity contribution in [2.75, 3.05) is 26.4 Å². The molecule has 74 heavy (non-hydrogen) atoms. The fourth-order valence-electron chi connectivity index (χ4n) is 8.99. The lowest BCUT2D eigenvalue weighted by Crippen LogP contribution is -2.39. The first-order chi connectivity index (χ1) is 35.6. The first-order valence-corrected chi connectivity index (χ1v) is 31.1. The molecule has 2 rings (SSSR count). The summed E-state index contributed by atoms with van der Waals surface area (Å²) in [6.07, 6.45) is 48.9. The van der Waals surface area contributed by atoms with Crippen molar-refractivity contribution in [3.8, 4) is 0 Å². The van der Waals surface area contributed by atoms with Crippen LogP contribution in [0.4, 0.5) is 0 Å². The summed E-state index contributed by atoms with van der Waals surface area (Å²) in [5, 5.41) is 17.4. The summed E-state index contributed by atoms with van der Waals surface area (Å²) in [7, 11) is 4.21. The second-order valence-electron chi connectivity index (χ2n) is 22.4. The van der Waals surface area contributed by atoms with E-state index in [4.69, 9.17) is 33.5 Å². The molecular formula is C60H116O12P2. The van der Waals surface area contributed by atoms with Gasteiger partial charge in [-0.15, -0.1) is 0 Å². The van der Waals surface area contributed by atoms with E-state index in [1.807, 2.05) is 20.8 Å². The van der Waals surface area contributed by atoms with Gasteiger partial charge in [0.15, 0.2) is 11.2 Å². The molecule has 2 aliphatic rings. The van der Waals surface area contributed by atoms with E-state index in [2.05, 4.69) is 39.7 Å². The van der Waals surface area contributed by atoms with Crippen molar-refractivity contribution in [2.24, 2.45) is 5.41 Å². The van der Waals surface area contributed by atoms with Gasteiger partial charge in [-0.3, -0.25) is 24.0 Å². The zero-order valence-corrected chi connectivity index (χ0v) is 51.0. The van der Waals surface area contributed by atoms with Gasteiger partial charge in [-0.05, 0) is 19.3 Å². The number of unbranched alkanes of at least 4 members (excludes halogenated alkanes) is 32. The lowest BCUT2D eigenvalue weighted by molar-refractivity contribution is -0.165. The van der Waals surface area contributed by atoms with Gasteiger partial charge in [0.2, 0.25) is 0 Å². The molecule has 0 aromatic rings. The molecule has 0 amide bonds. The molecule has 438 valence electrons. The van der Waals surface area contributed by atoms with E-state index in [1.54, 1.807) is 0 Å². The number of ether oxygens (including phenoxy) is 3. The summed E-state index contributed by atoms with van der Waals surface area (Å²) in [6.45, 7) is 13.2. The Hall–Kier alpha value is -1.71. The maximum atomic E-state index is 11.9. The molecule has 0 aliphatic carbocycles. The number of cyclic esters (lactones) is 2. The molecule has 0 spiro atoms. The minimum Gasteiger partial charge on any atom is -0.481 e. The van der Waals surface area contributed by atoms with Crippen molar-refractivity contribution in [2.45, 2.75) is 322 Å². The van der Waals surface area contributed by atoms with Crippen LogP contribution in [0.1, 0.15) is 311 Å². The maximum Gasteiger partial charge on any atom is 0.306 e. The van der Waals surface area contributed by atoms with Crippen LogP contribution in [0.5, 0.6) is 0 Å². The third kappa shape index (κ3) is 47.5. The molecule has 2 aliphatic heterocycles. The number of carbonyl (C=O) groups is 5. The minimum absolute atomic E-state index is 0.0873. The molecule has 0 aromatic carbocycles. The van der Waals surface area contributed by atoms with Crippen LogP contribution in [0.3, 0.4) is 0 Å². The van der Waals surface area contributed by atoms with E-state index in [1.165, 1.54) is 193 Å². The molecule has 14 heteroatoms. The Morgan fingerprint density at radius 1 is 0.473 bits per heavy atom. The van der Waals surface area contributed by atoms with Gasteiger partial charge >= 0.3 is 23.9 Å². The lowest BCUT2D eigenvalue weighted by Gasteiger charge is -2.25. The van der Waals surface area contributed by atoms with Crippen molar-refractivity contribution in [1.82, 2.24) is 0 Å². The number of aliphatic carboxylic acids is 1. The fraction of sp³-hybridized carbons (Fsp3) is 0.917. The van der Waals surface area contributed by atoms with Gasteiger partial charge in [0.1, 0.15) is 12.4 Å². The highest BCUT2D eigenvalue weighted by Gasteiger charge is 2.42. The van der Waals surface area contributed by atoms with Crippen LogP contribution >= 0.6 is 18.9 Å². The summed E-state index contributed by atoms with van der Waals surface area (Å²) < 4.78 is 25.3. The summed E-state index contributed by atoms with van der Waals surface area (Å²) >= 11 is 0.